The average molecular weight is 1270 g/mol. The van der Waals surface area contributed by atoms with Gasteiger partial charge in [0.2, 0.25) is 0 Å². The maximum Gasteiger partial charge on any atom is 0.187 e. The lowest BCUT2D eigenvalue weighted by Gasteiger charge is -2.66. The molecule has 88 heavy (non-hydrogen) atoms. The molecular formula is C60H102O28. The highest BCUT2D eigenvalue weighted by Crippen LogP contribution is 2.75. The summed E-state index contributed by atoms with van der Waals surface area (Å²) in [6.07, 6.45) is -34.1. The summed E-state index contributed by atoms with van der Waals surface area (Å²) in [5, 5.41) is 193. The van der Waals surface area contributed by atoms with Crippen LogP contribution in [0.4, 0.5) is 0 Å². The molecule has 0 amide bonds. The molecule has 510 valence electrons. The Kier molecular flexibility index (Phi) is 22.1. The zero-order valence-corrected chi connectivity index (χ0v) is 51.5. The third kappa shape index (κ3) is 12.8. The van der Waals surface area contributed by atoms with Gasteiger partial charge in [-0.25, -0.2) is 0 Å². The summed E-state index contributed by atoms with van der Waals surface area (Å²) in [6, 6.07) is 0. The Bertz CT molecular complexity index is 2310. The van der Waals surface area contributed by atoms with Crippen molar-refractivity contribution in [2.75, 3.05) is 33.0 Å². The minimum absolute atomic E-state index is 0.0759. The Hall–Kier alpha value is -1.38. The molecule has 0 aromatic rings. The predicted molar refractivity (Wildman–Crippen MR) is 299 cm³/mol. The van der Waals surface area contributed by atoms with Crippen LogP contribution >= 0.6 is 0 Å². The normalized spacial score (nSPS) is 51.4. The van der Waals surface area contributed by atoms with Crippen molar-refractivity contribution in [3.8, 4) is 0 Å². The lowest BCUT2D eigenvalue weighted by Crippen LogP contribution is -2.65. The molecule has 9 aliphatic rings. The number of hydrogen-bond donors (Lipinski definition) is 18. The molecule has 4 aliphatic carbocycles. The Morgan fingerprint density at radius 1 is 0.500 bits per heavy atom. The van der Waals surface area contributed by atoms with E-state index in [-0.39, 0.29) is 46.3 Å². The van der Waals surface area contributed by atoms with Gasteiger partial charge in [0.15, 0.2) is 31.5 Å². The molecule has 0 spiro atoms. The Morgan fingerprint density at radius 3 is 1.47 bits per heavy atom. The molecule has 28 heteroatoms. The first-order valence-electron chi connectivity index (χ1n) is 31.5. The third-order valence-electron chi connectivity index (χ3n) is 22.8. The molecule has 18 N–H and O–H groups in total. The number of allylic oxidation sites excluding steroid dienone is 1. The van der Waals surface area contributed by atoms with E-state index < -0.39 is 210 Å². The Balaban J connectivity index is 0.895. The SMILES string of the molecule is CC(CCC(O[C@@H]1O[C@H](CO[C@@H]2O[C@H](CO)[C@@H](O)[C@H](O)[C@H]2O)[C@@H](O)[C@H](O)[C@H]1O[C@@H]1O[C@H](CO)[C@@H](O)[C@H](O)[C@H]1O)C(C)(C)O)C1CCC2(C)C3CC=C4C(CC[C@H](O[C@@H]5O[C@H](CO)[C@@H](O)[C@H](O)[C@H]5O[C@@H]5O[C@H](CO)[C@@H](O)[C@H](O)[C@H]5O)C4(C)C)C3(C)CCC12C. The van der Waals surface area contributed by atoms with Crippen molar-refractivity contribution in [1.29, 1.82) is 0 Å². The van der Waals surface area contributed by atoms with E-state index >= 15 is 0 Å². The van der Waals surface area contributed by atoms with E-state index in [0.717, 1.165) is 38.5 Å². The molecule has 5 saturated heterocycles. The van der Waals surface area contributed by atoms with E-state index in [0.29, 0.717) is 12.8 Å². The monoisotopic (exact) mass is 1270 g/mol. The van der Waals surface area contributed by atoms with Crippen LogP contribution in [0, 0.1) is 45.3 Å². The molecule has 0 bridgehead atoms. The largest absolute Gasteiger partial charge is 0.394 e. The molecule has 0 aromatic heterocycles. The Morgan fingerprint density at radius 2 is 0.955 bits per heavy atom. The number of rotatable bonds is 20. The van der Waals surface area contributed by atoms with Gasteiger partial charge in [0, 0.05) is 5.41 Å². The number of ether oxygens (including phenoxy) is 10. The van der Waals surface area contributed by atoms with Crippen LogP contribution in [0.1, 0.15) is 113 Å². The summed E-state index contributed by atoms with van der Waals surface area (Å²) in [5.41, 5.74) is -1.33. The van der Waals surface area contributed by atoms with Crippen LogP contribution in [0.25, 0.3) is 0 Å². The minimum Gasteiger partial charge on any atom is -0.394 e. The van der Waals surface area contributed by atoms with Gasteiger partial charge >= 0.3 is 0 Å². The fraction of sp³-hybridized carbons (Fsp3) is 0.967. The average Bonchev–Trinajstić information content (AvgIpc) is 1.33. The summed E-state index contributed by atoms with van der Waals surface area (Å²) in [6.45, 7) is 13.2. The van der Waals surface area contributed by atoms with Crippen LogP contribution < -0.4 is 0 Å². The maximum atomic E-state index is 11.9. The second-order valence-electron chi connectivity index (χ2n) is 28.6. The third-order valence-corrected chi connectivity index (χ3v) is 22.8. The van der Waals surface area contributed by atoms with Gasteiger partial charge in [-0.2, -0.15) is 0 Å². The van der Waals surface area contributed by atoms with Crippen molar-refractivity contribution in [3.05, 3.63) is 11.6 Å². The zero-order valence-electron chi connectivity index (χ0n) is 51.5. The number of hydrogen-bond acceptors (Lipinski definition) is 28. The fourth-order valence-electron chi connectivity index (χ4n) is 17.1. The molecule has 9 rings (SSSR count). The van der Waals surface area contributed by atoms with Gasteiger partial charge in [-0.15, -0.1) is 0 Å². The van der Waals surface area contributed by atoms with Crippen molar-refractivity contribution in [1.82, 2.24) is 0 Å². The topological polar surface area (TPSA) is 456 Å². The first kappa shape index (κ1) is 70.9. The predicted octanol–water partition coefficient (Wildman–Crippen LogP) is -4.38. The van der Waals surface area contributed by atoms with Crippen LogP contribution in [0.3, 0.4) is 0 Å². The van der Waals surface area contributed by atoms with E-state index in [2.05, 4.69) is 47.6 Å². The van der Waals surface area contributed by atoms with Crippen molar-refractivity contribution >= 4 is 0 Å². The first-order chi connectivity index (χ1) is 41.2. The molecule has 0 aromatic carbocycles. The summed E-state index contributed by atoms with van der Waals surface area (Å²) >= 11 is 0. The quantitative estimate of drug-likeness (QED) is 0.0512. The number of fused-ring (bicyclic) bond motifs is 5. The Labute approximate surface area is 512 Å². The number of aliphatic hydroxyl groups excluding tert-OH is 17. The van der Waals surface area contributed by atoms with E-state index in [4.69, 9.17) is 47.4 Å². The lowest BCUT2D eigenvalue weighted by atomic mass is 9.39. The second kappa shape index (κ2) is 27.4. The summed E-state index contributed by atoms with van der Waals surface area (Å²) in [4.78, 5) is 0. The van der Waals surface area contributed by atoms with Crippen LogP contribution in [0.5, 0.6) is 0 Å². The summed E-state index contributed by atoms with van der Waals surface area (Å²) in [5.74, 6) is 0.763. The number of aliphatic hydroxyl groups is 18. The van der Waals surface area contributed by atoms with Crippen molar-refractivity contribution < 1.29 is 139 Å². The highest BCUT2D eigenvalue weighted by atomic mass is 16.8. The summed E-state index contributed by atoms with van der Waals surface area (Å²) in [7, 11) is 0. The van der Waals surface area contributed by atoms with E-state index in [9.17, 15) is 91.9 Å². The highest BCUT2D eigenvalue weighted by Gasteiger charge is 2.68. The van der Waals surface area contributed by atoms with Crippen LogP contribution in [-0.4, -0.2) is 296 Å². The van der Waals surface area contributed by atoms with Gasteiger partial charge in [-0.1, -0.05) is 53.2 Å². The molecule has 5 heterocycles. The molecule has 3 saturated carbocycles. The molecule has 34 atom stereocenters. The minimum atomic E-state index is -1.93. The fourth-order valence-corrected chi connectivity index (χ4v) is 17.1. The highest BCUT2D eigenvalue weighted by molar-refractivity contribution is 5.30. The van der Waals surface area contributed by atoms with E-state index in [1.165, 1.54) is 19.4 Å². The maximum absolute atomic E-state index is 11.9. The van der Waals surface area contributed by atoms with Gasteiger partial charge in [0.25, 0.3) is 0 Å². The van der Waals surface area contributed by atoms with Crippen molar-refractivity contribution in [2.24, 2.45) is 45.3 Å². The molecule has 28 nitrogen and oxygen atoms in total. The zero-order chi connectivity index (χ0) is 64.7. The standard InChI is InChI=1S/C60H102O28/c1-24(9-13-35(57(4,5)78)86-55-50(88-53-48(77)43(72)38(67)30(21-63)82-53)45(74)40(69)32(84-55)23-79-51-46(75)41(70)36(65)28(19-61)80-51)25-15-16-60(8)33-12-10-26-27(58(33,6)17-18-59(25,60)7)11-14-34(56(26,2)3)85-54-49(44(73)39(68)31(22-64)83-54)87-52-47(76)42(71)37(66)29(20-62)81-52/h10,24-25,27-55,61-78H,9,11-23H2,1-8H3/t24?,25?,27?,28-,29-,30-,31-,32-,33?,34+,35?,36-,37-,38-,39-,40-,41+,42+,43+,44+,45+,46-,47-,48-,49-,50-,51-,52+,53+,54+,55+,58?,59?,60?/m1/s1. The summed E-state index contributed by atoms with van der Waals surface area (Å²) < 4.78 is 60.2. The van der Waals surface area contributed by atoms with E-state index in [1.807, 2.05) is 0 Å². The first-order valence-corrected chi connectivity index (χ1v) is 31.5. The van der Waals surface area contributed by atoms with Crippen LogP contribution in [0.2, 0.25) is 0 Å². The van der Waals surface area contributed by atoms with Gasteiger partial charge in [-0.3, -0.25) is 0 Å². The molecule has 8 fully saturated rings. The molecule has 5 aliphatic heterocycles. The van der Waals surface area contributed by atoms with Crippen molar-refractivity contribution in [3.63, 3.8) is 0 Å². The lowest BCUT2D eigenvalue weighted by molar-refractivity contribution is -0.380. The van der Waals surface area contributed by atoms with Crippen molar-refractivity contribution in [2.45, 2.75) is 285 Å². The van der Waals surface area contributed by atoms with Crippen LogP contribution in [-0.2, 0) is 47.4 Å². The smallest absolute Gasteiger partial charge is 0.187 e. The van der Waals surface area contributed by atoms with Gasteiger partial charge in [0.1, 0.15) is 122 Å². The van der Waals surface area contributed by atoms with Gasteiger partial charge in [0.05, 0.1) is 50.8 Å². The van der Waals surface area contributed by atoms with E-state index in [1.54, 1.807) is 0 Å². The van der Waals surface area contributed by atoms with Gasteiger partial charge < -0.3 is 139 Å². The van der Waals surface area contributed by atoms with Crippen LogP contribution in [0.15, 0.2) is 11.6 Å². The van der Waals surface area contributed by atoms with Gasteiger partial charge in [-0.05, 0) is 112 Å². The second-order valence-corrected chi connectivity index (χ2v) is 28.6. The molecule has 8 unspecified atom stereocenters. The molecule has 0 radical (unpaired) electrons. The molecular weight excluding hydrogens is 1170 g/mol.